The number of halogens is 2. The number of carbonyl (C=O) groups excluding carboxylic acids is 1. The standard InChI is InChI=1S/C16H15BrClNO/c1-11(13-3-2-4-15(18)10-13)19-16(20)9-12-5-7-14(17)8-6-12/h2-8,10-11H,9H2,1H3,(H,19,20)/t11-/m0/s1. The van der Waals surface area contributed by atoms with Crippen LogP contribution in [0.25, 0.3) is 0 Å². The largest absolute Gasteiger partial charge is 0.349 e. The fourth-order valence-corrected chi connectivity index (χ4v) is 2.40. The van der Waals surface area contributed by atoms with Gasteiger partial charge in [0.1, 0.15) is 0 Å². The Kier molecular flexibility index (Phi) is 5.21. The fourth-order valence-electron chi connectivity index (χ4n) is 1.94. The van der Waals surface area contributed by atoms with Gasteiger partial charge in [-0.3, -0.25) is 4.79 Å². The molecule has 0 unspecified atom stereocenters. The van der Waals surface area contributed by atoms with Crippen molar-refractivity contribution in [3.05, 3.63) is 69.2 Å². The summed E-state index contributed by atoms with van der Waals surface area (Å²) in [5, 5.41) is 3.65. The highest BCUT2D eigenvalue weighted by molar-refractivity contribution is 9.10. The minimum absolute atomic E-state index is 0.000187. The summed E-state index contributed by atoms with van der Waals surface area (Å²) in [6, 6.07) is 15.2. The first kappa shape index (κ1) is 15.1. The third-order valence-corrected chi connectivity index (χ3v) is 3.77. The molecule has 0 aliphatic rings. The molecular formula is C16H15BrClNO. The van der Waals surface area contributed by atoms with Gasteiger partial charge in [0.05, 0.1) is 12.5 Å². The maximum atomic E-state index is 12.0. The topological polar surface area (TPSA) is 29.1 Å². The van der Waals surface area contributed by atoms with Crippen molar-refractivity contribution in [2.45, 2.75) is 19.4 Å². The van der Waals surface area contributed by atoms with E-state index in [0.29, 0.717) is 11.4 Å². The van der Waals surface area contributed by atoms with Gasteiger partial charge >= 0.3 is 0 Å². The number of nitrogens with one attached hydrogen (secondary N) is 1. The number of hydrogen-bond acceptors (Lipinski definition) is 1. The van der Waals surface area contributed by atoms with Crippen LogP contribution in [0.15, 0.2) is 53.0 Å². The molecule has 1 N–H and O–H groups in total. The monoisotopic (exact) mass is 351 g/mol. The quantitative estimate of drug-likeness (QED) is 0.861. The molecule has 0 saturated carbocycles. The molecule has 20 heavy (non-hydrogen) atoms. The highest BCUT2D eigenvalue weighted by Gasteiger charge is 2.10. The summed E-state index contributed by atoms with van der Waals surface area (Å²) in [6.45, 7) is 1.95. The van der Waals surface area contributed by atoms with Crippen LogP contribution in [0.1, 0.15) is 24.1 Å². The molecule has 0 aromatic heterocycles. The van der Waals surface area contributed by atoms with Gasteiger partial charge in [0.15, 0.2) is 0 Å². The predicted octanol–water partition coefficient (Wildman–Crippen LogP) is 4.52. The van der Waals surface area contributed by atoms with E-state index in [1.807, 2.05) is 55.5 Å². The van der Waals surface area contributed by atoms with E-state index in [1.54, 1.807) is 0 Å². The van der Waals surface area contributed by atoms with Gasteiger partial charge in [-0.2, -0.15) is 0 Å². The minimum atomic E-state index is -0.0587. The van der Waals surface area contributed by atoms with Crippen molar-refractivity contribution < 1.29 is 4.79 Å². The lowest BCUT2D eigenvalue weighted by atomic mass is 10.1. The normalized spacial score (nSPS) is 11.9. The first-order valence-corrected chi connectivity index (χ1v) is 7.51. The van der Waals surface area contributed by atoms with Crippen LogP contribution in [-0.4, -0.2) is 5.91 Å². The Bertz CT molecular complexity index is 598. The lowest BCUT2D eigenvalue weighted by molar-refractivity contribution is -0.121. The summed E-state index contributed by atoms with van der Waals surface area (Å²) in [6.07, 6.45) is 0.373. The first-order chi connectivity index (χ1) is 9.54. The molecular weight excluding hydrogens is 338 g/mol. The molecule has 0 aliphatic heterocycles. The van der Waals surface area contributed by atoms with E-state index in [2.05, 4.69) is 21.2 Å². The molecule has 104 valence electrons. The third-order valence-electron chi connectivity index (χ3n) is 3.00. The SMILES string of the molecule is C[C@H](NC(=O)Cc1ccc(Br)cc1)c1cccc(Cl)c1. The van der Waals surface area contributed by atoms with Crippen LogP contribution in [0.3, 0.4) is 0 Å². The number of carbonyl (C=O) groups is 1. The Balaban J connectivity index is 1.95. The van der Waals surface area contributed by atoms with Crippen LogP contribution in [0.4, 0.5) is 0 Å². The number of hydrogen-bond donors (Lipinski definition) is 1. The van der Waals surface area contributed by atoms with E-state index in [1.165, 1.54) is 0 Å². The zero-order valence-corrected chi connectivity index (χ0v) is 13.4. The summed E-state index contributed by atoms with van der Waals surface area (Å²) in [4.78, 5) is 12.0. The van der Waals surface area contributed by atoms with E-state index in [-0.39, 0.29) is 11.9 Å². The van der Waals surface area contributed by atoms with Gasteiger partial charge in [0.25, 0.3) is 0 Å². The molecule has 0 heterocycles. The lowest BCUT2D eigenvalue weighted by Gasteiger charge is -2.14. The predicted molar refractivity (Wildman–Crippen MR) is 85.9 cm³/mol. The molecule has 0 fully saturated rings. The Hall–Kier alpha value is -1.32. The van der Waals surface area contributed by atoms with Crippen LogP contribution in [-0.2, 0) is 11.2 Å². The first-order valence-electron chi connectivity index (χ1n) is 6.34. The van der Waals surface area contributed by atoms with Gasteiger partial charge in [-0.1, -0.05) is 51.8 Å². The molecule has 2 aromatic carbocycles. The van der Waals surface area contributed by atoms with Crippen molar-refractivity contribution in [1.29, 1.82) is 0 Å². The zero-order valence-electron chi connectivity index (χ0n) is 11.1. The van der Waals surface area contributed by atoms with E-state index in [0.717, 1.165) is 15.6 Å². The molecule has 0 bridgehead atoms. The smallest absolute Gasteiger partial charge is 0.224 e. The Morgan fingerprint density at radius 3 is 2.60 bits per heavy atom. The highest BCUT2D eigenvalue weighted by Crippen LogP contribution is 2.17. The average Bonchev–Trinajstić information content (AvgIpc) is 2.41. The molecule has 0 spiro atoms. The van der Waals surface area contributed by atoms with Crippen LogP contribution < -0.4 is 5.32 Å². The number of benzene rings is 2. The molecule has 2 aromatic rings. The van der Waals surface area contributed by atoms with E-state index in [4.69, 9.17) is 11.6 Å². The fraction of sp³-hybridized carbons (Fsp3) is 0.188. The van der Waals surface area contributed by atoms with Crippen LogP contribution in [0.5, 0.6) is 0 Å². The number of amides is 1. The molecule has 4 heteroatoms. The summed E-state index contributed by atoms with van der Waals surface area (Å²) >= 11 is 9.33. The zero-order chi connectivity index (χ0) is 14.5. The van der Waals surface area contributed by atoms with E-state index < -0.39 is 0 Å². The Labute approximate surface area is 132 Å². The molecule has 2 nitrogen and oxygen atoms in total. The van der Waals surface area contributed by atoms with Crippen molar-refractivity contribution in [2.24, 2.45) is 0 Å². The van der Waals surface area contributed by atoms with Crippen LogP contribution in [0.2, 0.25) is 5.02 Å². The Morgan fingerprint density at radius 2 is 1.95 bits per heavy atom. The van der Waals surface area contributed by atoms with Crippen molar-refractivity contribution in [1.82, 2.24) is 5.32 Å². The van der Waals surface area contributed by atoms with Gasteiger partial charge in [0.2, 0.25) is 5.91 Å². The molecule has 0 aliphatic carbocycles. The highest BCUT2D eigenvalue weighted by atomic mass is 79.9. The van der Waals surface area contributed by atoms with Gasteiger partial charge < -0.3 is 5.32 Å². The van der Waals surface area contributed by atoms with Crippen molar-refractivity contribution in [3.63, 3.8) is 0 Å². The summed E-state index contributed by atoms with van der Waals surface area (Å²) in [7, 11) is 0. The second-order valence-electron chi connectivity index (χ2n) is 4.65. The van der Waals surface area contributed by atoms with Gasteiger partial charge in [-0.15, -0.1) is 0 Å². The second kappa shape index (κ2) is 6.91. The summed E-state index contributed by atoms with van der Waals surface area (Å²) in [5.41, 5.74) is 1.99. The van der Waals surface area contributed by atoms with Crippen LogP contribution in [0, 0.1) is 0 Å². The van der Waals surface area contributed by atoms with Gasteiger partial charge in [0, 0.05) is 9.50 Å². The summed E-state index contributed by atoms with van der Waals surface area (Å²) in [5.74, 6) is -0.000187. The van der Waals surface area contributed by atoms with Crippen molar-refractivity contribution in [2.75, 3.05) is 0 Å². The Morgan fingerprint density at radius 1 is 1.25 bits per heavy atom. The van der Waals surface area contributed by atoms with Crippen LogP contribution >= 0.6 is 27.5 Å². The third kappa shape index (κ3) is 4.36. The average molecular weight is 353 g/mol. The molecule has 1 atom stereocenters. The molecule has 2 rings (SSSR count). The van der Waals surface area contributed by atoms with E-state index >= 15 is 0 Å². The molecule has 0 radical (unpaired) electrons. The number of rotatable bonds is 4. The van der Waals surface area contributed by atoms with Crippen molar-refractivity contribution >= 4 is 33.4 Å². The second-order valence-corrected chi connectivity index (χ2v) is 6.00. The maximum absolute atomic E-state index is 12.0. The summed E-state index contributed by atoms with van der Waals surface area (Å²) < 4.78 is 1.01. The lowest BCUT2D eigenvalue weighted by Crippen LogP contribution is -2.28. The minimum Gasteiger partial charge on any atom is -0.349 e. The van der Waals surface area contributed by atoms with Gasteiger partial charge in [-0.25, -0.2) is 0 Å². The van der Waals surface area contributed by atoms with E-state index in [9.17, 15) is 4.79 Å². The molecule has 1 amide bonds. The van der Waals surface area contributed by atoms with Crippen molar-refractivity contribution in [3.8, 4) is 0 Å². The molecule has 0 saturated heterocycles. The maximum Gasteiger partial charge on any atom is 0.224 e. The van der Waals surface area contributed by atoms with Gasteiger partial charge in [-0.05, 0) is 42.3 Å².